The molecule has 1 nitrogen and oxygen atoms in total. The molecule has 50 valence electrons. The normalized spacial score (nSPS) is 10.1. The fourth-order valence-corrected chi connectivity index (χ4v) is 1.90. The molecule has 0 saturated heterocycles. The average molecular weight is 227 g/mol. The van der Waals surface area contributed by atoms with E-state index in [1.54, 1.807) is 0 Å². The first-order valence-corrected chi connectivity index (χ1v) is 4.73. The molecule has 9 heavy (non-hydrogen) atoms. The number of halogens is 2. The quantitative estimate of drug-likeness (QED) is 0.671. The van der Waals surface area contributed by atoms with Crippen LogP contribution < -0.4 is 0 Å². The maximum Gasteiger partial charge on any atom is 0.116 e. The smallest absolute Gasteiger partial charge is 0.116 e. The predicted octanol–water partition coefficient (Wildman–Crippen LogP) is 3.00. The van der Waals surface area contributed by atoms with Gasteiger partial charge in [-0.2, -0.15) is 0 Å². The Morgan fingerprint density at radius 3 is 2.67 bits per heavy atom. The van der Waals surface area contributed by atoms with Crippen molar-refractivity contribution in [2.45, 2.75) is 12.3 Å². The van der Waals surface area contributed by atoms with Crippen molar-refractivity contribution >= 4 is 38.9 Å². The van der Waals surface area contributed by atoms with Crippen LogP contribution in [0.25, 0.3) is 0 Å². The summed E-state index contributed by atoms with van der Waals surface area (Å²) < 4.78 is 0.796. The van der Waals surface area contributed by atoms with Crippen LogP contribution in [0.15, 0.2) is 0 Å². The Bertz CT molecular complexity index is 191. The topological polar surface area (TPSA) is 12.9 Å². The standard InChI is InChI=1S/C5H5BrClNS/c1-3-5(7)9-4(2-6)8-3/h2H2,1H3. The number of nitrogens with zero attached hydrogens (tertiary/aromatic N) is 1. The van der Waals surface area contributed by atoms with Crippen LogP contribution in [0.4, 0.5) is 0 Å². The lowest BCUT2D eigenvalue weighted by Crippen LogP contribution is -1.73. The Hall–Kier alpha value is 0.400. The number of aryl methyl sites for hydroxylation is 1. The third kappa shape index (κ3) is 1.66. The third-order valence-electron chi connectivity index (χ3n) is 0.899. The molecule has 1 aromatic heterocycles. The van der Waals surface area contributed by atoms with E-state index >= 15 is 0 Å². The lowest BCUT2D eigenvalue weighted by atomic mass is 10.6. The van der Waals surface area contributed by atoms with E-state index in [1.165, 1.54) is 11.3 Å². The number of alkyl halides is 1. The van der Waals surface area contributed by atoms with Crippen LogP contribution in [0.3, 0.4) is 0 Å². The molecule has 0 amide bonds. The van der Waals surface area contributed by atoms with Crippen LogP contribution in [-0.4, -0.2) is 4.98 Å². The summed E-state index contributed by atoms with van der Waals surface area (Å²) in [5, 5.41) is 1.84. The van der Waals surface area contributed by atoms with Crippen molar-refractivity contribution in [3.05, 3.63) is 15.0 Å². The minimum Gasteiger partial charge on any atom is -0.244 e. The van der Waals surface area contributed by atoms with E-state index in [-0.39, 0.29) is 0 Å². The molecule has 0 N–H and O–H groups in total. The van der Waals surface area contributed by atoms with Crippen molar-refractivity contribution in [2.75, 3.05) is 0 Å². The molecular weight excluding hydrogens is 221 g/mol. The van der Waals surface area contributed by atoms with Crippen molar-refractivity contribution in [1.82, 2.24) is 4.98 Å². The molecule has 4 heteroatoms. The van der Waals surface area contributed by atoms with E-state index in [4.69, 9.17) is 11.6 Å². The van der Waals surface area contributed by atoms with Crippen LogP contribution in [0.5, 0.6) is 0 Å². The molecule has 0 unspecified atom stereocenters. The maximum atomic E-state index is 5.74. The first kappa shape index (κ1) is 7.51. The Morgan fingerprint density at radius 2 is 2.44 bits per heavy atom. The van der Waals surface area contributed by atoms with Crippen LogP contribution in [-0.2, 0) is 5.33 Å². The van der Waals surface area contributed by atoms with Crippen LogP contribution in [0, 0.1) is 6.92 Å². The highest BCUT2D eigenvalue weighted by Gasteiger charge is 2.01. The molecule has 0 saturated carbocycles. The predicted molar refractivity (Wildman–Crippen MR) is 44.5 cm³/mol. The van der Waals surface area contributed by atoms with Gasteiger partial charge in [0.25, 0.3) is 0 Å². The van der Waals surface area contributed by atoms with Crippen molar-refractivity contribution in [3.63, 3.8) is 0 Å². The zero-order valence-corrected chi connectivity index (χ0v) is 7.98. The van der Waals surface area contributed by atoms with Crippen molar-refractivity contribution in [1.29, 1.82) is 0 Å². The lowest BCUT2D eigenvalue weighted by Gasteiger charge is -1.77. The number of aromatic nitrogens is 1. The van der Waals surface area contributed by atoms with Gasteiger partial charge in [0.1, 0.15) is 9.34 Å². The molecule has 0 aliphatic rings. The van der Waals surface area contributed by atoms with E-state index < -0.39 is 0 Å². The summed E-state index contributed by atoms with van der Waals surface area (Å²) >= 11 is 10.6. The summed E-state index contributed by atoms with van der Waals surface area (Å²) in [6.07, 6.45) is 0. The second kappa shape index (κ2) is 2.99. The molecule has 0 aliphatic heterocycles. The summed E-state index contributed by atoms with van der Waals surface area (Å²) in [4.78, 5) is 4.17. The number of hydrogen-bond donors (Lipinski definition) is 0. The van der Waals surface area contributed by atoms with Gasteiger partial charge in [-0.25, -0.2) is 4.98 Å². The van der Waals surface area contributed by atoms with Crippen LogP contribution in [0.2, 0.25) is 4.34 Å². The lowest BCUT2D eigenvalue weighted by molar-refractivity contribution is 1.19. The van der Waals surface area contributed by atoms with Gasteiger partial charge >= 0.3 is 0 Å². The molecule has 0 aromatic carbocycles. The molecule has 1 aromatic rings. The SMILES string of the molecule is Cc1nc(CBr)sc1Cl. The van der Waals surface area contributed by atoms with Gasteiger partial charge in [-0.1, -0.05) is 27.5 Å². The molecule has 0 spiro atoms. The minimum absolute atomic E-state index is 0.796. The average Bonchev–Trinajstić information content (AvgIpc) is 2.13. The fourth-order valence-electron chi connectivity index (χ4n) is 0.488. The van der Waals surface area contributed by atoms with E-state index in [0.717, 1.165) is 20.4 Å². The second-order valence-electron chi connectivity index (χ2n) is 1.60. The highest BCUT2D eigenvalue weighted by Crippen LogP contribution is 2.24. The third-order valence-corrected chi connectivity index (χ3v) is 3.25. The van der Waals surface area contributed by atoms with Gasteiger partial charge in [-0.15, -0.1) is 11.3 Å². The Balaban J connectivity index is 2.98. The van der Waals surface area contributed by atoms with Gasteiger partial charge in [0, 0.05) is 0 Å². The number of rotatable bonds is 1. The largest absolute Gasteiger partial charge is 0.244 e. The van der Waals surface area contributed by atoms with E-state index in [0.29, 0.717) is 0 Å². The molecule has 0 aliphatic carbocycles. The van der Waals surface area contributed by atoms with Gasteiger partial charge < -0.3 is 0 Å². The van der Waals surface area contributed by atoms with Crippen molar-refractivity contribution in [2.24, 2.45) is 0 Å². The van der Waals surface area contributed by atoms with E-state index in [1.807, 2.05) is 6.92 Å². The Labute approximate surface area is 71.2 Å². The zero-order chi connectivity index (χ0) is 6.85. The Morgan fingerprint density at radius 1 is 1.78 bits per heavy atom. The molecular formula is C5H5BrClNS. The number of thiazole rings is 1. The van der Waals surface area contributed by atoms with Crippen LogP contribution in [0.1, 0.15) is 10.7 Å². The van der Waals surface area contributed by atoms with Gasteiger partial charge in [0.15, 0.2) is 0 Å². The van der Waals surface area contributed by atoms with Gasteiger partial charge in [-0.05, 0) is 6.92 Å². The first-order valence-electron chi connectivity index (χ1n) is 2.42. The molecule has 1 heterocycles. The second-order valence-corrected chi connectivity index (χ2v) is 3.85. The maximum absolute atomic E-state index is 5.74. The summed E-state index contributed by atoms with van der Waals surface area (Å²) in [5.74, 6) is 0. The summed E-state index contributed by atoms with van der Waals surface area (Å²) in [7, 11) is 0. The number of hydrogen-bond acceptors (Lipinski definition) is 2. The van der Waals surface area contributed by atoms with E-state index in [9.17, 15) is 0 Å². The molecule has 0 radical (unpaired) electrons. The van der Waals surface area contributed by atoms with E-state index in [2.05, 4.69) is 20.9 Å². The molecule has 1 rings (SSSR count). The van der Waals surface area contributed by atoms with Gasteiger partial charge in [0.05, 0.1) is 11.0 Å². The fraction of sp³-hybridized carbons (Fsp3) is 0.400. The molecule has 0 fully saturated rings. The van der Waals surface area contributed by atoms with Gasteiger partial charge in [0.2, 0.25) is 0 Å². The minimum atomic E-state index is 0.796. The van der Waals surface area contributed by atoms with Gasteiger partial charge in [-0.3, -0.25) is 0 Å². The molecule has 0 atom stereocenters. The monoisotopic (exact) mass is 225 g/mol. The summed E-state index contributed by atoms with van der Waals surface area (Å²) in [5.41, 5.74) is 0.927. The zero-order valence-electron chi connectivity index (χ0n) is 4.82. The molecule has 0 bridgehead atoms. The highest BCUT2D eigenvalue weighted by molar-refractivity contribution is 9.08. The van der Waals surface area contributed by atoms with Crippen LogP contribution >= 0.6 is 38.9 Å². The summed E-state index contributed by atoms with van der Waals surface area (Å²) in [6.45, 7) is 1.91. The van der Waals surface area contributed by atoms with Crippen molar-refractivity contribution < 1.29 is 0 Å². The Kier molecular flexibility index (Phi) is 2.50. The van der Waals surface area contributed by atoms with Crippen molar-refractivity contribution in [3.8, 4) is 0 Å². The first-order chi connectivity index (χ1) is 4.24. The highest BCUT2D eigenvalue weighted by atomic mass is 79.9. The summed E-state index contributed by atoms with van der Waals surface area (Å²) in [6, 6.07) is 0.